The number of benzene rings is 6. The highest BCUT2D eigenvalue weighted by molar-refractivity contribution is 7.89. The summed E-state index contributed by atoms with van der Waals surface area (Å²) in [6, 6.07) is 25.0. The van der Waals surface area contributed by atoms with E-state index in [0.29, 0.717) is 21.4 Å². The summed E-state index contributed by atoms with van der Waals surface area (Å²) in [5, 5.41) is 15.9. The fourth-order valence-corrected chi connectivity index (χ4v) is 7.60. The summed E-state index contributed by atoms with van der Waals surface area (Å²) in [7, 11) is -8.43. The minimum atomic E-state index is -4.24. The molecule has 0 saturated carbocycles. The molecule has 6 rings (SSSR count). The van der Waals surface area contributed by atoms with Crippen LogP contribution in [0.4, 0.5) is 24.5 Å². The Morgan fingerprint density at radius 1 is 0.597 bits per heavy atom. The highest BCUT2D eigenvalue weighted by Gasteiger charge is 2.22. The molecule has 6 aromatic rings. The number of sulfonamides is 2. The summed E-state index contributed by atoms with van der Waals surface area (Å²) in [6.45, 7) is 1.56. The van der Waals surface area contributed by atoms with E-state index in [-0.39, 0.29) is 56.1 Å². The lowest BCUT2D eigenvalue weighted by Gasteiger charge is -2.13. The third-order valence-corrected chi connectivity index (χ3v) is 11.4. The Hall–Kier alpha value is -5.37. The molecule has 0 bridgehead atoms. The van der Waals surface area contributed by atoms with Crippen molar-refractivity contribution in [3.05, 3.63) is 163 Å². The Balaban J connectivity index is 0.000000234. The Bertz CT molecular complexity index is 2730. The summed E-state index contributed by atoms with van der Waals surface area (Å²) < 4.78 is 101. The van der Waals surface area contributed by atoms with E-state index >= 15 is 0 Å². The number of hydrogen-bond acceptors (Lipinski definition) is 8. The maximum absolute atomic E-state index is 14.3. The van der Waals surface area contributed by atoms with Crippen LogP contribution in [0.5, 0.6) is 23.0 Å². The summed E-state index contributed by atoms with van der Waals surface area (Å²) >= 11 is 23.5. The van der Waals surface area contributed by atoms with Gasteiger partial charge in [0.25, 0.3) is 0 Å². The van der Waals surface area contributed by atoms with Gasteiger partial charge in [-0.3, -0.25) is 9.59 Å². The lowest BCUT2D eigenvalue weighted by molar-refractivity contribution is -0.116. The van der Waals surface area contributed by atoms with Crippen molar-refractivity contribution in [2.45, 2.75) is 29.6 Å². The molecular weight excluding hydrogens is 939 g/mol. The second-order valence-electron chi connectivity index (χ2n) is 13.0. The number of primary sulfonamides is 2. The van der Waals surface area contributed by atoms with Crippen LogP contribution in [0.3, 0.4) is 0 Å². The lowest BCUT2D eigenvalue weighted by atomic mass is 10.1. The molecule has 0 saturated heterocycles. The summed E-state index contributed by atoms with van der Waals surface area (Å²) in [6.07, 6.45) is -0.911. The number of hydrogen-bond donors (Lipinski definition) is 4. The molecule has 324 valence electrons. The van der Waals surface area contributed by atoms with Gasteiger partial charge in [-0.15, -0.1) is 0 Å². The smallest absolute Gasteiger partial charge is 0.241 e. The Morgan fingerprint density at radius 2 is 1.05 bits per heavy atom. The van der Waals surface area contributed by atoms with Gasteiger partial charge < -0.3 is 20.1 Å². The number of nitrogens with one attached hydrogen (secondary N) is 2. The average Bonchev–Trinajstić information content (AvgIpc) is 3.19. The molecule has 2 amide bonds. The summed E-state index contributed by atoms with van der Waals surface area (Å²) in [4.78, 5) is 24.0. The third-order valence-electron chi connectivity index (χ3n) is 8.31. The van der Waals surface area contributed by atoms with Crippen LogP contribution in [0, 0.1) is 24.4 Å². The molecule has 6 aromatic carbocycles. The van der Waals surface area contributed by atoms with Gasteiger partial charge in [0.15, 0.2) is 0 Å². The Kier molecular flexibility index (Phi) is 15.5. The van der Waals surface area contributed by atoms with Crippen molar-refractivity contribution in [2.75, 3.05) is 10.6 Å². The molecule has 0 atom stereocenters. The molecule has 6 N–H and O–H groups in total. The van der Waals surface area contributed by atoms with Gasteiger partial charge in [-0.05, 0) is 103 Å². The second kappa shape index (κ2) is 20.2. The Labute approximate surface area is 373 Å². The van der Waals surface area contributed by atoms with Gasteiger partial charge in [-0.25, -0.2) is 40.3 Å². The van der Waals surface area contributed by atoms with Crippen molar-refractivity contribution < 1.29 is 49.1 Å². The number of halogens is 7. The highest BCUT2D eigenvalue weighted by Crippen LogP contribution is 2.34. The standard InChI is InChI=1S/C21H17Cl2FN2O4S.C20H14Cl2F2N2O4S/c1-12-5-7-17(23)16(21(12)24)11-20(27)26-14-6-8-18(19(10-14)31(25,28)29)30-15-4-2-3-13(22)9-15;21-11-2-1-3-13(8-11)30-17-7-4-12(9-18(17)31(25,28)29)26-19(27)10-14-15(23)5-6-16(24)20(14)22/h2-10H,11H2,1H3,(H,26,27)(H2,25,28,29);1-9H,10H2,(H,26,27)(H2,25,28,29). The maximum Gasteiger partial charge on any atom is 0.241 e. The van der Waals surface area contributed by atoms with E-state index in [9.17, 15) is 39.6 Å². The molecular formula is C41H31Cl4F3N4O8S2. The maximum atomic E-state index is 14.3. The first-order valence-corrected chi connectivity index (χ1v) is 22.1. The quantitative estimate of drug-likeness (QED) is 0.0869. The van der Waals surface area contributed by atoms with E-state index in [1.165, 1.54) is 48.5 Å². The van der Waals surface area contributed by atoms with Gasteiger partial charge in [-0.1, -0.05) is 64.6 Å². The van der Waals surface area contributed by atoms with Gasteiger partial charge >= 0.3 is 0 Å². The predicted octanol–water partition coefficient (Wildman–Crippen LogP) is 9.95. The van der Waals surface area contributed by atoms with Crippen molar-refractivity contribution in [3.8, 4) is 23.0 Å². The summed E-state index contributed by atoms with van der Waals surface area (Å²) in [5.41, 5.74) is 0.252. The first kappa shape index (κ1) is 47.7. The molecule has 62 heavy (non-hydrogen) atoms. The number of aryl methyl sites for hydroxylation is 1. The second-order valence-corrected chi connectivity index (χ2v) is 17.7. The van der Waals surface area contributed by atoms with Crippen LogP contribution >= 0.6 is 46.4 Å². The SMILES string of the molecule is Cc1ccc(Cl)c(CC(=O)Nc2ccc(Oc3cccc(Cl)c3)c(S(N)(=O)=O)c2)c1F.NS(=O)(=O)c1cc(NC(=O)Cc2c(F)ccc(F)c2Cl)ccc1Oc1cccc(Cl)c1. The van der Waals surface area contributed by atoms with Crippen LogP contribution in [0.2, 0.25) is 20.1 Å². The van der Waals surface area contributed by atoms with Crippen molar-refractivity contribution in [1.82, 2.24) is 0 Å². The number of rotatable bonds is 12. The van der Waals surface area contributed by atoms with Gasteiger partial charge in [0.1, 0.15) is 50.2 Å². The summed E-state index contributed by atoms with van der Waals surface area (Å²) in [5.74, 6) is -3.20. The van der Waals surface area contributed by atoms with Crippen LogP contribution in [0.1, 0.15) is 16.7 Å². The molecule has 0 aliphatic rings. The van der Waals surface area contributed by atoms with Crippen molar-refractivity contribution >= 4 is 89.6 Å². The zero-order valence-electron chi connectivity index (χ0n) is 31.7. The lowest BCUT2D eigenvalue weighted by Crippen LogP contribution is -2.17. The van der Waals surface area contributed by atoms with E-state index < -0.39 is 65.7 Å². The van der Waals surface area contributed by atoms with Crippen LogP contribution in [0.25, 0.3) is 0 Å². The fraction of sp³-hybridized carbons (Fsp3) is 0.0732. The molecule has 0 radical (unpaired) electrons. The topological polar surface area (TPSA) is 197 Å². The first-order chi connectivity index (χ1) is 29.1. The molecule has 0 aromatic heterocycles. The van der Waals surface area contributed by atoms with Crippen molar-refractivity contribution in [1.29, 1.82) is 0 Å². The minimum absolute atomic E-state index is 0.0420. The van der Waals surface area contributed by atoms with Gasteiger partial charge in [-0.2, -0.15) is 0 Å². The number of amides is 2. The highest BCUT2D eigenvalue weighted by atomic mass is 35.5. The fourth-order valence-electron chi connectivity index (χ4n) is 5.44. The zero-order chi connectivity index (χ0) is 45.5. The molecule has 0 heterocycles. The van der Waals surface area contributed by atoms with Gasteiger partial charge in [0.2, 0.25) is 31.9 Å². The van der Waals surface area contributed by atoms with E-state index in [0.717, 1.165) is 24.3 Å². The number of carbonyl (C=O) groups excluding carboxylic acids is 2. The largest absolute Gasteiger partial charge is 0.456 e. The number of anilines is 2. The van der Waals surface area contributed by atoms with Gasteiger partial charge in [0.05, 0.1) is 17.9 Å². The van der Waals surface area contributed by atoms with Crippen molar-refractivity contribution in [3.63, 3.8) is 0 Å². The predicted molar refractivity (Wildman–Crippen MR) is 231 cm³/mol. The normalized spacial score (nSPS) is 11.3. The monoisotopic (exact) mass is 968 g/mol. The number of nitrogens with two attached hydrogens (primary N) is 2. The number of carbonyl (C=O) groups is 2. The van der Waals surface area contributed by atoms with Crippen LogP contribution in [-0.4, -0.2) is 28.6 Å². The van der Waals surface area contributed by atoms with Crippen LogP contribution in [0.15, 0.2) is 119 Å². The Morgan fingerprint density at radius 3 is 1.50 bits per heavy atom. The third kappa shape index (κ3) is 12.8. The molecule has 0 unspecified atom stereocenters. The van der Waals surface area contributed by atoms with E-state index in [1.807, 2.05) is 0 Å². The van der Waals surface area contributed by atoms with Crippen LogP contribution < -0.4 is 30.4 Å². The van der Waals surface area contributed by atoms with Crippen molar-refractivity contribution in [2.24, 2.45) is 10.3 Å². The van der Waals surface area contributed by atoms with E-state index in [4.69, 9.17) is 66.2 Å². The van der Waals surface area contributed by atoms with Gasteiger partial charge in [0, 0.05) is 37.6 Å². The van der Waals surface area contributed by atoms with Crippen LogP contribution in [-0.2, 0) is 42.5 Å². The molecule has 0 fully saturated rings. The van der Waals surface area contributed by atoms with E-state index in [2.05, 4.69) is 10.6 Å². The number of ether oxygens (including phenoxy) is 2. The average molecular weight is 971 g/mol. The molecule has 0 aliphatic carbocycles. The zero-order valence-corrected chi connectivity index (χ0v) is 36.3. The molecule has 21 heteroatoms. The minimum Gasteiger partial charge on any atom is -0.456 e. The first-order valence-electron chi connectivity index (χ1n) is 17.4. The molecule has 0 spiro atoms. The molecule has 0 aliphatic heterocycles. The molecule has 12 nitrogen and oxygen atoms in total. The van der Waals surface area contributed by atoms with E-state index in [1.54, 1.807) is 43.3 Å².